The lowest BCUT2D eigenvalue weighted by atomic mass is 9.76. The number of carbonyl (C=O) groups excluding carboxylic acids is 1. The van der Waals surface area contributed by atoms with E-state index >= 15 is 0 Å². The van der Waals surface area contributed by atoms with Gasteiger partial charge in [-0.25, -0.2) is 0 Å². The maximum Gasteiger partial charge on any atom is 0.320 e. The molecule has 136 valence electrons. The summed E-state index contributed by atoms with van der Waals surface area (Å²) in [6.45, 7) is 2.21. The second kappa shape index (κ2) is 6.67. The molecule has 2 aliphatic rings. The number of carboxylic acids is 1. The first-order chi connectivity index (χ1) is 11.8. The molecule has 0 aliphatic carbocycles. The molecular weight excluding hydrogens is 318 g/mol. The fourth-order valence-electron chi connectivity index (χ4n) is 4.19. The number of hydrogen-bond acceptors (Lipinski definition) is 4. The minimum atomic E-state index is -0.738. The van der Waals surface area contributed by atoms with Crippen molar-refractivity contribution in [3.63, 3.8) is 0 Å². The molecule has 0 radical (unpaired) electrons. The Morgan fingerprint density at radius 2 is 1.92 bits per heavy atom. The molecule has 1 amide bonds. The van der Waals surface area contributed by atoms with E-state index < -0.39 is 5.97 Å². The highest BCUT2D eigenvalue weighted by Gasteiger charge is 2.47. The maximum atomic E-state index is 12.8. The van der Waals surface area contributed by atoms with Crippen LogP contribution in [0.15, 0.2) is 24.3 Å². The highest BCUT2D eigenvalue weighted by Crippen LogP contribution is 2.43. The van der Waals surface area contributed by atoms with E-state index in [1.54, 1.807) is 0 Å². The minimum Gasteiger partial charge on any atom is -0.480 e. The van der Waals surface area contributed by atoms with Crippen LogP contribution in [0.25, 0.3) is 0 Å². The first-order valence-electron chi connectivity index (χ1n) is 8.81. The van der Waals surface area contributed by atoms with Crippen LogP contribution in [-0.2, 0) is 4.79 Å². The van der Waals surface area contributed by atoms with Gasteiger partial charge in [0.15, 0.2) is 0 Å². The lowest BCUT2D eigenvalue weighted by Gasteiger charge is -2.39. The van der Waals surface area contributed by atoms with Crippen LogP contribution in [-0.4, -0.2) is 73.6 Å². The van der Waals surface area contributed by atoms with Gasteiger partial charge in [-0.3, -0.25) is 14.5 Å². The van der Waals surface area contributed by atoms with Gasteiger partial charge in [-0.1, -0.05) is 6.07 Å². The van der Waals surface area contributed by atoms with Gasteiger partial charge in [0, 0.05) is 45.0 Å². The van der Waals surface area contributed by atoms with Crippen LogP contribution in [0.2, 0.25) is 0 Å². The summed E-state index contributed by atoms with van der Waals surface area (Å²) in [7, 11) is 5.81. The van der Waals surface area contributed by atoms with E-state index in [4.69, 9.17) is 0 Å². The molecule has 1 atom stereocenters. The van der Waals surface area contributed by atoms with Crippen molar-refractivity contribution in [2.24, 2.45) is 5.41 Å². The van der Waals surface area contributed by atoms with E-state index in [0.717, 1.165) is 25.1 Å². The number of likely N-dealkylation sites (N-methyl/N-ethyl adjacent to an activating group) is 1. The molecule has 1 aromatic rings. The van der Waals surface area contributed by atoms with Crippen molar-refractivity contribution >= 4 is 17.6 Å². The molecule has 3 rings (SSSR count). The smallest absolute Gasteiger partial charge is 0.320 e. The normalized spacial score (nSPS) is 23.0. The maximum absolute atomic E-state index is 12.8. The Morgan fingerprint density at radius 3 is 2.48 bits per heavy atom. The van der Waals surface area contributed by atoms with Crippen molar-refractivity contribution in [2.45, 2.75) is 25.3 Å². The second-order valence-corrected chi connectivity index (χ2v) is 7.71. The van der Waals surface area contributed by atoms with Crippen molar-refractivity contribution in [2.75, 3.05) is 45.7 Å². The molecule has 6 nitrogen and oxygen atoms in total. The molecule has 2 saturated heterocycles. The molecular formula is C19H27N3O3. The fourth-order valence-corrected chi connectivity index (χ4v) is 4.19. The van der Waals surface area contributed by atoms with Crippen molar-refractivity contribution in [1.29, 1.82) is 0 Å². The third-order valence-electron chi connectivity index (χ3n) is 5.75. The van der Waals surface area contributed by atoms with Gasteiger partial charge in [0.2, 0.25) is 0 Å². The van der Waals surface area contributed by atoms with Gasteiger partial charge < -0.3 is 14.9 Å². The zero-order valence-electron chi connectivity index (χ0n) is 15.2. The number of carbonyl (C=O) groups is 2. The summed E-state index contributed by atoms with van der Waals surface area (Å²) in [6, 6.07) is 7.30. The second-order valence-electron chi connectivity index (χ2n) is 7.71. The summed E-state index contributed by atoms with van der Waals surface area (Å²) in [6.07, 6.45) is 2.44. The molecule has 1 N–H and O–H groups in total. The number of benzene rings is 1. The SMILES string of the molecule is CN(C)c1cccc(C(=O)N2CCC3(CC2)CC(C(=O)O)N(C)C3)c1. The van der Waals surface area contributed by atoms with Crippen LogP contribution in [0, 0.1) is 5.41 Å². The number of aliphatic carboxylic acids is 1. The Kier molecular flexibility index (Phi) is 4.73. The number of likely N-dealkylation sites (tertiary alicyclic amines) is 2. The third-order valence-corrected chi connectivity index (χ3v) is 5.75. The number of nitrogens with zero attached hydrogens (tertiary/aromatic N) is 3. The van der Waals surface area contributed by atoms with Gasteiger partial charge >= 0.3 is 5.97 Å². The summed E-state index contributed by atoms with van der Waals surface area (Å²) in [4.78, 5) is 30.0. The van der Waals surface area contributed by atoms with Gasteiger partial charge in [-0.15, -0.1) is 0 Å². The Labute approximate surface area is 149 Å². The van der Waals surface area contributed by atoms with Crippen molar-refractivity contribution in [1.82, 2.24) is 9.80 Å². The number of hydrogen-bond donors (Lipinski definition) is 1. The van der Waals surface area contributed by atoms with Gasteiger partial charge in [0.1, 0.15) is 6.04 Å². The van der Waals surface area contributed by atoms with E-state index in [9.17, 15) is 14.7 Å². The lowest BCUT2D eigenvalue weighted by molar-refractivity contribution is -0.141. The Morgan fingerprint density at radius 1 is 1.24 bits per heavy atom. The van der Waals surface area contributed by atoms with Crippen LogP contribution >= 0.6 is 0 Å². The van der Waals surface area contributed by atoms with Crippen molar-refractivity contribution in [3.8, 4) is 0 Å². The number of anilines is 1. The Balaban J connectivity index is 1.66. The van der Waals surface area contributed by atoms with E-state index in [1.165, 1.54) is 0 Å². The molecule has 2 aliphatic heterocycles. The number of piperidine rings is 1. The first-order valence-corrected chi connectivity index (χ1v) is 8.81. The average molecular weight is 345 g/mol. The zero-order chi connectivity index (χ0) is 18.2. The van der Waals surface area contributed by atoms with Crippen molar-refractivity contribution in [3.05, 3.63) is 29.8 Å². The van der Waals surface area contributed by atoms with Crippen LogP contribution < -0.4 is 4.90 Å². The zero-order valence-corrected chi connectivity index (χ0v) is 15.2. The van der Waals surface area contributed by atoms with Crippen LogP contribution in [0.5, 0.6) is 0 Å². The van der Waals surface area contributed by atoms with Gasteiger partial charge in [0.25, 0.3) is 5.91 Å². The van der Waals surface area contributed by atoms with Crippen LogP contribution in [0.3, 0.4) is 0 Å². The summed E-state index contributed by atoms with van der Waals surface area (Å²) in [5.74, 6) is -0.668. The molecule has 0 bridgehead atoms. The summed E-state index contributed by atoms with van der Waals surface area (Å²) >= 11 is 0. The van der Waals surface area contributed by atoms with E-state index in [1.807, 2.05) is 60.1 Å². The number of rotatable bonds is 3. The molecule has 2 fully saturated rings. The minimum absolute atomic E-state index is 0.0417. The summed E-state index contributed by atoms with van der Waals surface area (Å²) < 4.78 is 0. The first kappa shape index (κ1) is 17.7. The molecule has 0 aromatic heterocycles. The monoisotopic (exact) mass is 345 g/mol. The molecule has 0 saturated carbocycles. The molecule has 6 heteroatoms. The lowest BCUT2D eigenvalue weighted by Crippen LogP contribution is -2.44. The average Bonchev–Trinajstić information content (AvgIpc) is 2.91. The fraction of sp³-hybridized carbons (Fsp3) is 0.579. The van der Waals surface area contributed by atoms with Crippen molar-refractivity contribution < 1.29 is 14.7 Å². The van der Waals surface area contributed by atoms with Gasteiger partial charge in [-0.2, -0.15) is 0 Å². The van der Waals surface area contributed by atoms with Crippen LogP contribution in [0.4, 0.5) is 5.69 Å². The Hall–Kier alpha value is -2.08. The highest BCUT2D eigenvalue weighted by molar-refractivity contribution is 5.95. The summed E-state index contributed by atoms with van der Waals surface area (Å²) in [5.41, 5.74) is 1.77. The predicted octanol–water partition coefficient (Wildman–Crippen LogP) is 1.76. The highest BCUT2D eigenvalue weighted by atomic mass is 16.4. The Bertz CT molecular complexity index is 666. The van der Waals surface area contributed by atoms with E-state index in [2.05, 4.69) is 0 Å². The van der Waals surface area contributed by atoms with E-state index in [-0.39, 0.29) is 17.4 Å². The molecule has 1 unspecified atom stereocenters. The molecule has 2 heterocycles. The predicted molar refractivity (Wildman–Crippen MR) is 97.0 cm³/mol. The van der Waals surface area contributed by atoms with Gasteiger partial charge in [-0.05, 0) is 49.9 Å². The molecule has 1 spiro atoms. The van der Waals surface area contributed by atoms with Crippen LogP contribution in [0.1, 0.15) is 29.6 Å². The topological polar surface area (TPSA) is 64.1 Å². The number of amides is 1. The van der Waals surface area contributed by atoms with E-state index in [0.29, 0.717) is 25.1 Å². The van der Waals surface area contributed by atoms with Gasteiger partial charge in [0.05, 0.1) is 0 Å². The standard InChI is InChI=1S/C19H27N3O3/c1-20(2)15-6-4-5-14(11-15)17(23)22-9-7-19(8-10-22)12-16(18(24)25)21(3)13-19/h4-6,11,16H,7-10,12-13H2,1-3H3,(H,24,25). The number of carboxylic acid groups (broad SMARTS) is 1. The summed E-state index contributed by atoms with van der Waals surface area (Å²) in [5, 5.41) is 9.35. The largest absolute Gasteiger partial charge is 0.480 e. The molecule has 1 aromatic carbocycles. The quantitative estimate of drug-likeness (QED) is 0.904. The molecule has 25 heavy (non-hydrogen) atoms. The third kappa shape index (κ3) is 3.49.